The van der Waals surface area contributed by atoms with Gasteiger partial charge in [0, 0.05) is 13.3 Å². The molecule has 1 heterocycles. The Morgan fingerprint density at radius 3 is 2.61 bits per heavy atom. The first-order valence-electron chi connectivity index (χ1n) is 5.02. The summed E-state index contributed by atoms with van der Waals surface area (Å²) in [6, 6.07) is 0. The number of aromatic nitrogens is 2. The Labute approximate surface area is 107 Å². The van der Waals surface area contributed by atoms with Crippen LogP contribution in [0.4, 0.5) is 13.2 Å². The van der Waals surface area contributed by atoms with Gasteiger partial charge in [-0.1, -0.05) is 11.8 Å². The molecule has 0 aliphatic heterocycles. The van der Waals surface area contributed by atoms with Crippen molar-refractivity contribution >= 4 is 11.8 Å². The predicted octanol–water partition coefficient (Wildman–Crippen LogP) is 2.63. The number of halogens is 3. The molecule has 0 bridgehead atoms. The summed E-state index contributed by atoms with van der Waals surface area (Å²) < 4.78 is 48.1. The molecule has 0 aliphatic carbocycles. The van der Waals surface area contributed by atoms with E-state index in [2.05, 4.69) is 9.97 Å². The van der Waals surface area contributed by atoms with E-state index >= 15 is 0 Å². The molecule has 102 valence electrons. The normalized spacial score (nSPS) is 13.4. The third-order valence-electron chi connectivity index (χ3n) is 1.93. The molecule has 1 rings (SSSR count). The van der Waals surface area contributed by atoms with Crippen molar-refractivity contribution in [2.75, 3.05) is 20.0 Å². The van der Waals surface area contributed by atoms with Crippen LogP contribution in [0, 0.1) is 0 Å². The van der Waals surface area contributed by atoms with Gasteiger partial charge in [0.25, 0.3) is 0 Å². The van der Waals surface area contributed by atoms with Crippen LogP contribution in [0.15, 0.2) is 11.4 Å². The molecule has 0 aliphatic rings. The number of thioether (sulfide) groups is 1. The number of methoxy groups -OCH3 is 1. The van der Waals surface area contributed by atoms with Gasteiger partial charge in [0.15, 0.2) is 5.16 Å². The van der Waals surface area contributed by atoms with Gasteiger partial charge >= 0.3 is 6.18 Å². The maximum Gasteiger partial charge on any atom is 0.423 e. The molecule has 0 fully saturated rings. The van der Waals surface area contributed by atoms with E-state index in [9.17, 15) is 13.2 Å². The highest BCUT2D eigenvalue weighted by Crippen LogP contribution is 2.35. The van der Waals surface area contributed by atoms with Crippen molar-refractivity contribution in [2.45, 2.75) is 24.4 Å². The minimum absolute atomic E-state index is 0.176. The van der Waals surface area contributed by atoms with E-state index in [1.54, 1.807) is 13.2 Å². The number of hydrogen-bond donors (Lipinski definition) is 0. The van der Waals surface area contributed by atoms with E-state index in [0.717, 1.165) is 18.0 Å². The monoisotopic (exact) mass is 282 g/mol. The fourth-order valence-electron chi connectivity index (χ4n) is 1.19. The van der Waals surface area contributed by atoms with Crippen molar-refractivity contribution in [2.24, 2.45) is 0 Å². The van der Waals surface area contributed by atoms with E-state index in [1.165, 1.54) is 7.11 Å². The van der Waals surface area contributed by atoms with Crippen LogP contribution in [0.3, 0.4) is 0 Å². The molecule has 0 N–H and O–H groups in total. The first-order chi connectivity index (χ1) is 8.38. The van der Waals surface area contributed by atoms with E-state index in [0.29, 0.717) is 0 Å². The van der Waals surface area contributed by atoms with Crippen LogP contribution in [0.2, 0.25) is 0 Å². The second-order valence-electron chi connectivity index (χ2n) is 3.46. The van der Waals surface area contributed by atoms with Crippen LogP contribution < -0.4 is 4.74 Å². The average molecular weight is 282 g/mol. The highest BCUT2D eigenvalue weighted by atomic mass is 32.2. The average Bonchev–Trinajstić information content (AvgIpc) is 2.27. The van der Waals surface area contributed by atoms with Crippen molar-refractivity contribution in [3.05, 3.63) is 11.8 Å². The molecular formula is C10H13F3N2O2S. The maximum atomic E-state index is 12.7. The van der Waals surface area contributed by atoms with Crippen LogP contribution in [0.5, 0.6) is 5.88 Å². The molecule has 0 amide bonds. The first-order valence-corrected chi connectivity index (χ1v) is 6.24. The maximum absolute atomic E-state index is 12.7. The minimum Gasteiger partial charge on any atom is -0.472 e. The molecule has 1 aromatic heterocycles. The number of nitrogens with zero attached hydrogens (tertiary/aromatic N) is 2. The van der Waals surface area contributed by atoms with Gasteiger partial charge in [-0.15, -0.1) is 0 Å². The Morgan fingerprint density at radius 1 is 1.44 bits per heavy atom. The Balaban J connectivity index is 3.04. The van der Waals surface area contributed by atoms with Crippen molar-refractivity contribution < 1.29 is 22.6 Å². The lowest BCUT2D eigenvalue weighted by Crippen LogP contribution is -2.21. The van der Waals surface area contributed by atoms with E-state index in [-0.39, 0.29) is 11.8 Å². The Hall–Kier alpha value is -1.02. The summed E-state index contributed by atoms with van der Waals surface area (Å²) in [6.07, 6.45) is -2.67. The topological polar surface area (TPSA) is 44.2 Å². The number of hydrogen-bond acceptors (Lipinski definition) is 5. The van der Waals surface area contributed by atoms with E-state index in [1.807, 2.05) is 0 Å². The SMILES string of the molecule is COCC(C)Oc1nc(SC)ncc1C(F)(F)F. The zero-order valence-electron chi connectivity index (χ0n) is 10.1. The van der Waals surface area contributed by atoms with Crippen LogP contribution >= 0.6 is 11.8 Å². The third-order valence-corrected chi connectivity index (χ3v) is 2.50. The summed E-state index contributed by atoms with van der Waals surface area (Å²) in [5.41, 5.74) is -0.983. The van der Waals surface area contributed by atoms with Crippen molar-refractivity contribution in [3.63, 3.8) is 0 Å². The van der Waals surface area contributed by atoms with Gasteiger partial charge in [-0.3, -0.25) is 0 Å². The molecule has 1 unspecified atom stereocenters. The number of ether oxygens (including phenoxy) is 2. The molecule has 0 spiro atoms. The Morgan fingerprint density at radius 2 is 2.11 bits per heavy atom. The quantitative estimate of drug-likeness (QED) is 0.613. The summed E-state index contributed by atoms with van der Waals surface area (Å²) in [4.78, 5) is 7.33. The summed E-state index contributed by atoms with van der Waals surface area (Å²) in [5, 5.41) is 0.225. The molecule has 1 aromatic rings. The molecule has 1 atom stereocenters. The second-order valence-corrected chi connectivity index (χ2v) is 4.23. The molecule has 0 radical (unpaired) electrons. The minimum atomic E-state index is -4.54. The fourth-order valence-corrected chi connectivity index (χ4v) is 1.53. The van der Waals surface area contributed by atoms with Gasteiger partial charge in [-0.05, 0) is 13.2 Å². The van der Waals surface area contributed by atoms with Gasteiger partial charge in [-0.25, -0.2) is 4.98 Å². The first kappa shape index (κ1) is 15.0. The van der Waals surface area contributed by atoms with Gasteiger partial charge in [0.2, 0.25) is 5.88 Å². The summed E-state index contributed by atoms with van der Waals surface area (Å²) in [5.74, 6) is -0.466. The Bertz CT molecular complexity index is 401. The highest BCUT2D eigenvalue weighted by molar-refractivity contribution is 7.98. The zero-order valence-corrected chi connectivity index (χ0v) is 10.9. The molecule has 4 nitrogen and oxygen atoms in total. The van der Waals surface area contributed by atoms with Crippen LogP contribution in [-0.2, 0) is 10.9 Å². The lowest BCUT2D eigenvalue weighted by atomic mass is 10.3. The summed E-state index contributed by atoms with van der Waals surface area (Å²) in [6.45, 7) is 1.78. The van der Waals surface area contributed by atoms with Crippen LogP contribution in [-0.4, -0.2) is 36.0 Å². The summed E-state index contributed by atoms with van der Waals surface area (Å²) in [7, 11) is 1.44. The largest absolute Gasteiger partial charge is 0.472 e. The third kappa shape index (κ3) is 4.02. The van der Waals surface area contributed by atoms with Crippen LogP contribution in [0.25, 0.3) is 0 Å². The van der Waals surface area contributed by atoms with Crippen molar-refractivity contribution in [1.82, 2.24) is 9.97 Å². The molecule has 0 aromatic carbocycles. The zero-order chi connectivity index (χ0) is 13.8. The molecular weight excluding hydrogens is 269 g/mol. The summed E-state index contributed by atoms with van der Waals surface area (Å²) >= 11 is 1.14. The van der Waals surface area contributed by atoms with Gasteiger partial charge < -0.3 is 9.47 Å². The van der Waals surface area contributed by atoms with Crippen LogP contribution in [0.1, 0.15) is 12.5 Å². The molecule has 0 saturated heterocycles. The van der Waals surface area contributed by atoms with E-state index in [4.69, 9.17) is 9.47 Å². The lowest BCUT2D eigenvalue weighted by Gasteiger charge is -2.17. The van der Waals surface area contributed by atoms with Gasteiger partial charge in [0.05, 0.1) is 6.61 Å². The highest BCUT2D eigenvalue weighted by Gasteiger charge is 2.36. The smallest absolute Gasteiger partial charge is 0.423 e. The van der Waals surface area contributed by atoms with Crippen molar-refractivity contribution in [3.8, 4) is 5.88 Å². The predicted molar refractivity (Wildman–Crippen MR) is 60.8 cm³/mol. The van der Waals surface area contributed by atoms with Gasteiger partial charge in [-0.2, -0.15) is 18.2 Å². The standard InChI is InChI=1S/C10H13F3N2O2S/c1-6(5-16-2)17-8-7(10(11,12)13)4-14-9(15-8)18-3/h4,6H,5H2,1-3H3. The molecule has 18 heavy (non-hydrogen) atoms. The molecule has 8 heteroatoms. The van der Waals surface area contributed by atoms with Crippen molar-refractivity contribution in [1.29, 1.82) is 0 Å². The van der Waals surface area contributed by atoms with Gasteiger partial charge in [0.1, 0.15) is 11.7 Å². The lowest BCUT2D eigenvalue weighted by molar-refractivity contribution is -0.140. The molecule has 0 saturated carbocycles. The second kappa shape index (κ2) is 6.24. The fraction of sp³-hybridized carbons (Fsp3) is 0.600. The van der Waals surface area contributed by atoms with E-state index < -0.39 is 23.7 Å². The number of alkyl halides is 3. The number of rotatable bonds is 5. The Kier molecular flexibility index (Phi) is 5.21.